The zero-order valence-corrected chi connectivity index (χ0v) is 9.83. The van der Waals surface area contributed by atoms with Crippen LogP contribution in [0, 0.1) is 5.92 Å². The molecule has 0 aromatic rings. The van der Waals surface area contributed by atoms with E-state index in [-0.39, 0.29) is 12.6 Å². The minimum Gasteiger partial charge on any atom is -0.390 e. The Morgan fingerprint density at radius 2 is 2.12 bits per heavy atom. The molecule has 0 aromatic carbocycles. The van der Waals surface area contributed by atoms with Gasteiger partial charge in [-0.25, -0.2) is 8.78 Å². The van der Waals surface area contributed by atoms with Crippen molar-refractivity contribution >= 4 is 0 Å². The van der Waals surface area contributed by atoms with Gasteiger partial charge >= 0.3 is 0 Å². The molecule has 1 heterocycles. The number of aliphatic hydroxyl groups is 1. The van der Waals surface area contributed by atoms with E-state index in [0.29, 0.717) is 6.54 Å². The number of rotatable bonds is 5. The number of piperidine rings is 1. The first-order valence-electron chi connectivity index (χ1n) is 5.88. The molecule has 1 aliphatic rings. The van der Waals surface area contributed by atoms with Gasteiger partial charge in [0, 0.05) is 13.1 Å². The van der Waals surface area contributed by atoms with Crippen LogP contribution in [-0.2, 0) is 4.74 Å². The summed E-state index contributed by atoms with van der Waals surface area (Å²) >= 11 is 0. The van der Waals surface area contributed by atoms with Gasteiger partial charge in [-0.05, 0) is 13.3 Å². The molecular formula is C11H21F2NO2. The summed E-state index contributed by atoms with van der Waals surface area (Å²) in [4.78, 5) is 0. The molecule has 2 N–H and O–H groups in total. The molecule has 1 aliphatic heterocycles. The van der Waals surface area contributed by atoms with E-state index in [1.807, 2.05) is 13.8 Å². The number of hydrogen-bond donors (Lipinski definition) is 2. The Morgan fingerprint density at radius 1 is 1.44 bits per heavy atom. The predicted octanol–water partition coefficient (Wildman–Crippen LogP) is 1.41. The van der Waals surface area contributed by atoms with Crippen LogP contribution in [0.15, 0.2) is 0 Å². The van der Waals surface area contributed by atoms with Crippen molar-refractivity contribution in [1.82, 2.24) is 5.32 Å². The fraction of sp³-hybridized carbons (Fsp3) is 1.00. The van der Waals surface area contributed by atoms with E-state index in [0.717, 1.165) is 12.8 Å². The summed E-state index contributed by atoms with van der Waals surface area (Å²) in [5.41, 5.74) is 0. The Morgan fingerprint density at radius 3 is 2.69 bits per heavy atom. The van der Waals surface area contributed by atoms with Crippen LogP contribution in [-0.4, -0.2) is 42.9 Å². The normalized spacial score (nSPS) is 33.0. The number of ether oxygens (including phenoxy) is 1. The predicted molar refractivity (Wildman–Crippen MR) is 57.6 cm³/mol. The van der Waals surface area contributed by atoms with Gasteiger partial charge in [-0.1, -0.05) is 13.3 Å². The molecule has 1 unspecified atom stereocenters. The number of nitrogens with one attached hydrogen (secondary N) is 1. The molecule has 1 saturated heterocycles. The largest absolute Gasteiger partial charge is 0.390 e. The Hall–Kier alpha value is -0.260. The standard InChI is InChI=1S/C11H21F2NO2/c1-3-4-7(2)16-9-6-14-5-8(10(9)15)11(12)13/h7-11,14-15H,3-6H2,1-2H3/t7?,8-,9+,10+/m0/s1. The molecule has 3 nitrogen and oxygen atoms in total. The SMILES string of the molecule is CCCC(C)O[C@@H]1CNC[C@H](C(F)F)[C@H]1O. The third-order valence-corrected chi connectivity index (χ3v) is 2.97. The van der Waals surface area contributed by atoms with E-state index in [1.165, 1.54) is 0 Å². The maximum absolute atomic E-state index is 12.6. The van der Waals surface area contributed by atoms with Crippen LogP contribution in [0.3, 0.4) is 0 Å². The first-order chi connectivity index (χ1) is 7.56. The maximum Gasteiger partial charge on any atom is 0.245 e. The van der Waals surface area contributed by atoms with E-state index in [4.69, 9.17) is 4.74 Å². The van der Waals surface area contributed by atoms with Crippen molar-refractivity contribution in [1.29, 1.82) is 0 Å². The summed E-state index contributed by atoms with van der Waals surface area (Å²) < 4.78 is 30.7. The second-order valence-corrected chi connectivity index (χ2v) is 4.42. The van der Waals surface area contributed by atoms with Crippen molar-refractivity contribution in [2.45, 2.75) is 51.4 Å². The van der Waals surface area contributed by atoms with E-state index in [9.17, 15) is 13.9 Å². The molecule has 1 rings (SSSR count). The highest BCUT2D eigenvalue weighted by atomic mass is 19.3. The lowest BCUT2D eigenvalue weighted by molar-refractivity contribution is -0.129. The molecule has 0 radical (unpaired) electrons. The van der Waals surface area contributed by atoms with Crippen LogP contribution >= 0.6 is 0 Å². The smallest absolute Gasteiger partial charge is 0.245 e. The van der Waals surface area contributed by atoms with Crippen LogP contribution in [0.25, 0.3) is 0 Å². The highest BCUT2D eigenvalue weighted by Crippen LogP contribution is 2.22. The second kappa shape index (κ2) is 6.47. The van der Waals surface area contributed by atoms with Crippen molar-refractivity contribution in [2.75, 3.05) is 13.1 Å². The molecule has 0 aliphatic carbocycles. The fourth-order valence-corrected chi connectivity index (χ4v) is 2.05. The van der Waals surface area contributed by atoms with Gasteiger partial charge < -0.3 is 15.2 Å². The van der Waals surface area contributed by atoms with Gasteiger partial charge in [-0.2, -0.15) is 0 Å². The van der Waals surface area contributed by atoms with E-state index in [1.54, 1.807) is 0 Å². The van der Waals surface area contributed by atoms with Crippen molar-refractivity contribution in [3.63, 3.8) is 0 Å². The Bertz CT molecular complexity index is 204. The quantitative estimate of drug-likeness (QED) is 0.759. The lowest BCUT2D eigenvalue weighted by atomic mass is 9.94. The molecule has 1 fully saturated rings. The summed E-state index contributed by atoms with van der Waals surface area (Å²) in [6, 6.07) is 0. The first kappa shape index (κ1) is 13.8. The van der Waals surface area contributed by atoms with E-state index >= 15 is 0 Å². The summed E-state index contributed by atoms with van der Waals surface area (Å²) in [7, 11) is 0. The fourth-order valence-electron chi connectivity index (χ4n) is 2.05. The first-order valence-corrected chi connectivity index (χ1v) is 5.88. The van der Waals surface area contributed by atoms with Crippen LogP contribution in [0.5, 0.6) is 0 Å². The molecule has 0 aromatic heterocycles. The topological polar surface area (TPSA) is 41.5 Å². The summed E-state index contributed by atoms with van der Waals surface area (Å²) in [6.07, 6.45) is -2.23. The van der Waals surface area contributed by atoms with Gasteiger partial charge in [-0.3, -0.25) is 0 Å². The Labute approximate surface area is 95.2 Å². The van der Waals surface area contributed by atoms with Crippen molar-refractivity contribution in [3.05, 3.63) is 0 Å². The van der Waals surface area contributed by atoms with Crippen molar-refractivity contribution in [3.8, 4) is 0 Å². The summed E-state index contributed by atoms with van der Waals surface area (Å²) in [5.74, 6) is -1.02. The number of aliphatic hydroxyl groups excluding tert-OH is 1. The molecule has 0 bridgehead atoms. The van der Waals surface area contributed by atoms with E-state index in [2.05, 4.69) is 5.32 Å². The van der Waals surface area contributed by atoms with Crippen molar-refractivity contribution < 1.29 is 18.6 Å². The molecule has 16 heavy (non-hydrogen) atoms. The summed E-state index contributed by atoms with van der Waals surface area (Å²) in [6.45, 7) is 4.54. The zero-order chi connectivity index (χ0) is 12.1. The lowest BCUT2D eigenvalue weighted by Gasteiger charge is -2.36. The summed E-state index contributed by atoms with van der Waals surface area (Å²) in [5, 5.41) is 12.7. The van der Waals surface area contributed by atoms with Crippen LogP contribution in [0.2, 0.25) is 0 Å². The second-order valence-electron chi connectivity index (χ2n) is 4.42. The molecule has 4 atom stereocenters. The van der Waals surface area contributed by atoms with Crippen LogP contribution in [0.1, 0.15) is 26.7 Å². The highest BCUT2D eigenvalue weighted by molar-refractivity contribution is 4.87. The molecule has 0 spiro atoms. The van der Waals surface area contributed by atoms with Gasteiger partial charge in [-0.15, -0.1) is 0 Å². The third-order valence-electron chi connectivity index (χ3n) is 2.97. The molecule has 96 valence electrons. The number of alkyl halides is 2. The maximum atomic E-state index is 12.6. The van der Waals surface area contributed by atoms with Crippen LogP contribution in [0.4, 0.5) is 8.78 Å². The lowest BCUT2D eigenvalue weighted by Crippen LogP contribution is -2.54. The average molecular weight is 237 g/mol. The minimum atomic E-state index is -2.50. The molecule has 0 saturated carbocycles. The number of hydrogen-bond acceptors (Lipinski definition) is 3. The molecule has 0 amide bonds. The third kappa shape index (κ3) is 3.64. The average Bonchev–Trinajstić information content (AvgIpc) is 2.21. The number of halogens is 2. The monoisotopic (exact) mass is 237 g/mol. The van der Waals surface area contributed by atoms with Gasteiger partial charge in [0.05, 0.1) is 24.2 Å². The Balaban J connectivity index is 2.46. The van der Waals surface area contributed by atoms with Crippen molar-refractivity contribution in [2.24, 2.45) is 5.92 Å². The zero-order valence-electron chi connectivity index (χ0n) is 9.83. The van der Waals surface area contributed by atoms with Gasteiger partial charge in [0.25, 0.3) is 0 Å². The van der Waals surface area contributed by atoms with Gasteiger partial charge in [0.15, 0.2) is 0 Å². The minimum absolute atomic E-state index is 0.00266. The highest BCUT2D eigenvalue weighted by Gasteiger charge is 2.38. The molecular weight excluding hydrogens is 216 g/mol. The van der Waals surface area contributed by atoms with Gasteiger partial charge in [0.1, 0.15) is 0 Å². The Kier molecular flexibility index (Phi) is 5.58. The van der Waals surface area contributed by atoms with Crippen LogP contribution < -0.4 is 5.32 Å². The van der Waals surface area contributed by atoms with E-state index < -0.39 is 24.6 Å². The molecule has 5 heteroatoms. The van der Waals surface area contributed by atoms with Gasteiger partial charge in [0.2, 0.25) is 6.43 Å².